The molecule has 0 radical (unpaired) electrons. The number of hydrogen-bond acceptors (Lipinski definition) is 5. The van der Waals surface area contributed by atoms with Crippen LogP contribution in [-0.4, -0.2) is 20.9 Å². The zero-order chi connectivity index (χ0) is 12.2. The molecular weight excluding hydrogens is 252 g/mol. The predicted octanol–water partition coefficient (Wildman–Crippen LogP) is 0.00570. The molecule has 90 valence electrons. The van der Waals surface area contributed by atoms with E-state index in [2.05, 4.69) is 4.84 Å². The van der Waals surface area contributed by atoms with Crippen LogP contribution in [0.3, 0.4) is 0 Å². The number of carbonyl (C=O) groups excluding carboxylic acids is 1. The van der Waals surface area contributed by atoms with E-state index in [1.54, 1.807) is 6.07 Å². The van der Waals surface area contributed by atoms with Gasteiger partial charge in [-0.25, -0.2) is 8.42 Å². The van der Waals surface area contributed by atoms with Crippen molar-refractivity contribution in [3.05, 3.63) is 17.0 Å². The number of nitrogens with one attached hydrogen (secondary N) is 1. The molecule has 1 heterocycles. The number of hydrogen-bond donors (Lipinski definition) is 2. The van der Waals surface area contributed by atoms with Crippen molar-refractivity contribution in [1.82, 2.24) is 4.89 Å². The molecule has 0 saturated carbocycles. The second kappa shape index (κ2) is 5.39. The molecule has 0 atom stereocenters. The Bertz CT molecular complexity index is 466. The second-order valence-electron chi connectivity index (χ2n) is 2.92. The second-order valence-corrected chi connectivity index (χ2v) is 5.96. The Morgan fingerprint density at radius 3 is 2.75 bits per heavy atom. The summed E-state index contributed by atoms with van der Waals surface area (Å²) in [7, 11) is -3.71. The van der Waals surface area contributed by atoms with E-state index >= 15 is 0 Å². The fourth-order valence-corrected chi connectivity index (χ4v) is 2.99. The monoisotopic (exact) mass is 264 g/mol. The zero-order valence-electron chi connectivity index (χ0n) is 8.60. The first-order valence-corrected chi connectivity index (χ1v) is 6.76. The highest BCUT2D eigenvalue weighted by Crippen LogP contribution is 2.21. The van der Waals surface area contributed by atoms with Crippen molar-refractivity contribution in [1.29, 1.82) is 0 Å². The van der Waals surface area contributed by atoms with Crippen molar-refractivity contribution in [2.45, 2.75) is 17.6 Å². The molecule has 0 bridgehead atoms. The largest absolute Gasteiger partial charge is 0.368 e. The van der Waals surface area contributed by atoms with Gasteiger partial charge in [-0.2, -0.15) is 0 Å². The standard InChI is InChI=1S/C8H12N2O4S2/c1-2-6-3-4-8(15-6)16(12,13)10-14-5-7(9)11/h3-4,10H,2,5H2,1H3,(H2,9,11). The van der Waals surface area contributed by atoms with Crippen LogP contribution in [0.1, 0.15) is 11.8 Å². The third-order valence-electron chi connectivity index (χ3n) is 1.63. The first kappa shape index (κ1) is 13.1. The molecule has 0 spiro atoms. The minimum Gasteiger partial charge on any atom is -0.368 e. The van der Waals surface area contributed by atoms with Crippen molar-refractivity contribution in [3.8, 4) is 0 Å². The maximum atomic E-state index is 11.6. The number of carbonyl (C=O) groups is 1. The van der Waals surface area contributed by atoms with E-state index in [4.69, 9.17) is 5.73 Å². The van der Waals surface area contributed by atoms with Gasteiger partial charge in [-0.1, -0.05) is 11.8 Å². The molecule has 0 aliphatic rings. The first-order valence-electron chi connectivity index (χ1n) is 4.46. The maximum Gasteiger partial charge on any atom is 0.271 e. The molecule has 0 unspecified atom stereocenters. The molecule has 3 N–H and O–H groups in total. The summed E-state index contributed by atoms with van der Waals surface area (Å²) < 4.78 is 23.3. The number of rotatable bonds is 6. The molecule has 0 aromatic carbocycles. The lowest BCUT2D eigenvalue weighted by molar-refractivity contribution is -0.123. The summed E-state index contributed by atoms with van der Waals surface area (Å²) in [5.74, 6) is -0.747. The lowest BCUT2D eigenvalue weighted by atomic mass is 10.4. The van der Waals surface area contributed by atoms with Crippen molar-refractivity contribution < 1.29 is 18.0 Å². The van der Waals surface area contributed by atoms with Gasteiger partial charge in [0.05, 0.1) is 0 Å². The lowest BCUT2D eigenvalue weighted by Gasteiger charge is -2.02. The summed E-state index contributed by atoms with van der Waals surface area (Å²) in [6, 6.07) is 3.22. The van der Waals surface area contributed by atoms with Crippen molar-refractivity contribution >= 4 is 27.3 Å². The minimum absolute atomic E-state index is 0.147. The Balaban J connectivity index is 2.66. The molecule has 6 nitrogen and oxygen atoms in total. The fourth-order valence-electron chi connectivity index (χ4n) is 0.912. The van der Waals surface area contributed by atoms with E-state index in [-0.39, 0.29) is 4.21 Å². The van der Waals surface area contributed by atoms with Crippen LogP contribution >= 0.6 is 11.3 Å². The Morgan fingerprint density at radius 2 is 2.25 bits per heavy atom. The number of thiophene rings is 1. The van der Waals surface area contributed by atoms with Crippen LogP contribution in [0.15, 0.2) is 16.3 Å². The van der Waals surface area contributed by atoms with Gasteiger partial charge >= 0.3 is 0 Å². The average molecular weight is 264 g/mol. The average Bonchev–Trinajstić information content (AvgIpc) is 2.65. The van der Waals surface area contributed by atoms with E-state index in [1.807, 2.05) is 11.8 Å². The normalized spacial score (nSPS) is 11.6. The van der Waals surface area contributed by atoms with Gasteiger partial charge in [0.15, 0.2) is 0 Å². The summed E-state index contributed by atoms with van der Waals surface area (Å²) >= 11 is 1.15. The Hall–Kier alpha value is -0.960. The van der Waals surface area contributed by atoms with Gasteiger partial charge in [0, 0.05) is 4.88 Å². The maximum absolute atomic E-state index is 11.6. The van der Waals surface area contributed by atoms with E-state index < -0.39 is 22.5 Å². The van der Waals surface area contributed by atoms with E-state index in [0.717, 1.165) is 22.6 Å². The van der Waals surface area contributed by atoms with Gasteiger partial charge in [0.1, 0.15) is 10.8 Å². The quantitative estimate of drug-likeness (QED) is 0.707. The summed E-state index contributed by atoms with van der Waals surface area (Å²) in [6.45, 7) is 1.44. The molecule has 0 aliphatic heterocycles. The Kier molecular flexibility index (Phi) is 4.42. The van der Waals surface area contributed by atoms with Gasteiger partial charge in [-0.3, -0.25) is 9.63 Å². The van der Waals surface area contributed by atoms with E-state index in [1.165, 1.54) is 6.07 Å². The third-order valence-corrected chi connectivity index (χ3v) is 4.57. The SMILES string of the molecule is CCc1ccc(S(=O)(=O)NOCC(N)=O)s1. The van der Waals surface area contributed by atoms with Gasteiger partial charge in [-0.15, -0.1) is 11.3 Å². The van der Waals surface area contributed by atoms with Crippen LogP contribution in [0.5, 0.6) is 0 Å². The minimum atomic E-state index is -3.71. The van der Waals surface area contributed by atoms with Crippen LogP contribution < -0.4 is 10.6 Å². The smallest absolute Gasteiger partial charge is 0.271 e. The van der Waals surface area contributed by atoms with E-state index in [0.29, 0.717) is 0 Å². The van der Waals surface area contributed by atoms with Crippen molar-refractivity contribution in [2.24, 2.45) is 5.73 Å². The molecule has 1 aromatic rings. The van der Waals surface area contributed by atoms with Gasteiger partial charge in [-0.05, 0) is 18.6 Å². The first-order chi connectivity index (χ1) is 7.45. The highest BCUT2D eigenvalue weighted by atomic mass is 32.2. The van der Waals surface area contributed by atoms with Gasteiger partial charge in [0.2, 0.25) is 5.91 Å². The Morgan fingerprint density at radius 1 is 1.56 bits per heavy atom. The summed E-state index contributed by atoms with van der Waals surface area (Å²) in [5.41, 5.74) is 4.79. The Labute approximate surface area is 97.4 Å². The molecule has 8 heteroatoms. The number of sulfonamides is 1. The highest BCUT2D eigenvalue weighted by Gasteiger charge is 2.16. The van der Waals surface area contributed by atoms with Crippen LogP contribution in [0, 0.1) is 0 Å². The topological polar surface area (TPSA) is 98.5 Å². The molecular formula is C8H12N2O4S2. The molecule has 1 aromatic heterocycles. The molecule has 0 saturated heterocycles. The van der Waals surface area contributed by atoms with Crippen LogP contribution in [-0.2, 0) is 26.1 Å². The van der Waals surface area contributed by atoms with Crippen LogP contribution in [0.25, 0.3) is 0 Å². The summed E-state index contributed by atoms with van der Waals surface area (Å²) in [4.78, 5) is 17.6. The van der Waals surface area contributed by atoms with E-state index in [9.17, 15) is 13.2 Å². The van der Waals surface area contributed by atoms with Gasteiger partial charge < -0.3 is 5.73 Å². The van der Waals surface area contributed by atoms with Gasteiger partial charge in [0.25, 0.3) is 10.0 Å². The highest BCUT2D eigenvalue weighted by molar-refractivity contribution is 7.91. The lowest BCUT2D eigenvalue weighted by Crippen LogP contribution is -2.29. The van der Waals surface area contributed by atoms with Crippen LogP contribution in [0.2, 0.25) is 0 Å². The molecule has 16 heavy (non-hydrogen) atoms. The predicted molar refractivity (Wildman–Crippen MR) is 59.2 cm³/mol. The fraction of sp³-hybridized carbons (Fsp3) is 0.375. The molecule has 1 amide bonds. The molecule has 0 fully saturated rings. The molecule has 0 aliphatic carbocycles. The number of primary amides is 1. The van der Waals surface area contributed by atoms with Crippen molar-refractivity contribution in [2.75, 3.05) is 6.61 Å². The number of aryl methyl sites for hydroxylation is 1. The third kappa shape index (κ3) is 3.56. The van der Waals surface area contributed by atoms with Crippen molar-refractivity contribution in [3.63, 3.8) is 0 Å². The molecule has 1 rings (SSSR count). The van der Waals surface area contributed by atoms with Crippen LogP contribution in [0.4, 0.5) is 0 Å². The summed E-state index contributed by atoms with van der Waals surface area (Å²) in [6.07, 6.45) is 0.766. The zero-order valence-corrected chi connectivity index (χ0v) is 10.2. The number of nitrogens with two attached hydrogens (primary N) is 1. The summed E-state index contributed by atoms with van der Waals surface area (Å²) in [5, 5.41) is 0. The number of amides is 1.